The molecule has 0 spiro atoms. The third kappa shape index (κ3) is 1.70. The third-order valence-corrected chi connectivity index (χ3v) is 6.51. The largest absolute Gasteiger partial charge is 0.295 e. The van der Waals surface area contributed by atoms with Crippen molar-refractivity contribution in [3.63, 3.8) is 0 Å². The van der Waals surface area contributed by atoms with Gasteiger partial charge in [0, 0.05) is 6.42 Å². The Morgan fingerprint density at radius 2 is 2.00 bits per heavy atom. The number of carbonyl (C=O) groups excluding carboxylic acids is 1. The van der Waals surface area contributed by atoms with Gasteiger partial charge in [-0.1, -0.05) is 18.9 Å². The van der Waals surface area contributed by atoms with E-state index in [-0.39, 0.29) is 0 Å². The first-order chi connectivity index (χ1) is 9.17. The molecular formula is C18H24O. The summed E-state index contributed by atoms with van der Waals surface area (Å²) in [5.41, 5.74) is 5.43. The highest BCUT2D eigenvalue weighted by atomic mass is 16.1. The van der Waals surface area contributed by atoms with Crippen LogP contribution in [0.5, 0.6) is 0 Å². The smallest absolute Gasteiger partial charge is 0.156 e. The van der Waals surface area contributed by atoms with E-state index >= 15 is 0 Å². The minimum atomic E-state index is 0.360. The van der Waals surface area contributed by atoms with Gasteiger partial charge >= 0.3 is 0 Å². The molecule has 0 aromatic carbocycles. The fourth-order valence-electron chi connectivity index (χ4n) is 5.52. The van der Waals surface area contributed by atoms with Crippen LogP contribution in [0.4, 0.5) is 0 Å². The van der Waals surface area contributed by atoms with Gasteiger partial charge in [-0.3, -0.25) is 4.79 Å². The molecule has 4 aliphatic rings. The Morgan fingerprint density at radius 3 is 2.89 bits per heavy atom. The molecule has 0 aromatic heterocycles. The zero-order valence-electron chi connectivity index (χ0n) is 12.0. The van der Waals surface area contributed by atoms with E-state index in [9.17, 15) is 4.79 Å². The predicted molar refractivity (Wildman–Crippen MR) is 76.8 cm³/mol. The van der Waals surface area contributed by atoms with E-state index in [0.29, 0.717) is 11.2 Å². The molecule has 2 saturated carbocycles. The van der Waals surface area contributed by atoms with Crippen LogP contribution in [-0.2, 0) is 4.79 Å². The summed E-state index contributed by atoms with van der Waals surface area (Å²) in [5, 5.41) is 0. The van der Waals surface area contributed by atoms with Crippen molar-refractivity contribution in [3.05, 3.63) is 22.8 Å². The number of fused-ring (bicyclic) bond motifs is 4. The van der Waals surface area contributed by atoms with Gasteiger partial charge < -0.3 is 0 Å². The summed E-state index contributed by atoms with van der Waals surface area (Å²) >= 11 is 0. The standard InChI is InChI=1S/C18H24O/c1-18-9-2-3-17(18)16-6-4-12-11-13(19)5-7-14(12)15(16)8-10-18/h11,16-17H,2-10H2,1H3. The number of rotatable bonds is 0. The number of carbonyl (C=O) groups is 1. The minimum Gasteiger partial charge on any atom is -0.295 e. The lowest BCUT2D eigenvalue weighted by Crippen LogP contribution is -2.36. The van der Waals surface area contributed by atoms with E-state index in [0.717, 1.165) is 24.7 Å². The molecule has 0 saturated heterocycles. The topological polar surface area (TPSA) is 17.1 Å². The Balaban J connectivity index is 1.75. The lowest BCUT2D eigenvalue weighted by Gasteiger charge is -2.47. The second-order valence-corrected chi connectivity index (χ2v) is 7.44. The van der Waals surface area contributed by atoms with Gasteiger partial charge in [0.1, 0.15) is 0 Å². The monoisotopic (exact) mass is 256 g/mol. The fourth-order valence-corrected chi connectivity index (χ4v) is 5.52. The highest BCUT2D eigenvalue weighted by molar-refractivity contribution is 5.93. The first-order valence-electron chi connectivity index (χ1n) is 8.13. The van der Waals surface area contributed by atoms with Crippen LogP contribution in [0, 0.1) is 17.3 Å². The van der Waals surface area contributed by atoms with Crippen molar-refractivity contribution in [2.45, 2.75) is 64.7 Å². The van der Waals surface area contributed by atoms with Gasteiger partial charge in [0.25, 0.3) is 0 Å². The molecule has 4 aliphatic carbocycles. The van der Waals surface area contributed by atoms with Gasteiger partial charge in [-0.15, -0.1) is 0 Å². The molecule has 2 fully saturated rings. The predicted octanol–water partition coefficient (Wildman–Crippen LogP) is 4.58. The molecule has 0 heterocycles. The molecule has 0 N–H and O–H groups in total. The molecule has 0 aromatic rings. The maximum absolute atomic E-state index is 11.6. The number of hydrogen-bond donors (Lipinski definition) is 0. The first-order valence-corrected chi connectivity index (χ1v) is 8.13. The molecule has 102 valence electrons. The summed E-state index contributed by atoms with van der Waals surface area (Å²) in [7, 11) is 0. The number of hydrogen-bond acceptors (Lipinski definition) is 1. The highest BCUT2D eigenvalue weighted by Crippen LogP contribution is 2.59. The fraction of sp³-hybridized carbons (Fsp3) is 0.722. The van der Waals surface area contributed by atoms with Gasteiger partial charge in [-0.25, -0.2) is 0 Å². The summed E-state index contributed by atoms with van der Waals surface area (Å²) < 4.78 is 0. The summed E-state index contributed by atoms with van der Waals surface area (Å²) in [6.45, 7) is 2.54. The van der Waals surface area contributed by atoms with Crippen molar-refractivity contribution in [2.75, 3.05) is 0 Å². The van der Waals surface area contributed by atoms with Crippen LogP contribution in [0.15, 0.2) is 22.8 Å². The quantitative estimate of drug-likeness (QED) is 0.620. The average molecular weight is 256 g/mol. The van der Waals surface area contributed by atoms with Crippen LogP contribution in [0.25, 0.3) is 0 Å². The van der Waals surface area contributed by atoms with Crippen LogP contribution in [0.1, 0.15) is 64.7 Å². The summed E-state index contributed by atoms with van der Waals surface area (Å²) in [6.07, 6.45) is 13.3. The van der Waals surface area contributed by atoms with Crippen molar-refractivity contribution in [1.29, 1.82) is 0 Å². The van der Waals surface area contributed by atoms with Crippen LogP contribution in [0.3, 0.4) is 0 Å². The van der Waals surface area contributed by atoms with E-state index in [4.69, 9.17) is 0 Å². The van der Waals surface area contributed by atoms with Crippen LogP contribution >= 0.6 is 0 Å². The molecule has 0 bridgehead atoms. The second kappa shape index (κ2) is 4.07. The molecule has 19 heavy (non-hydrogen) atoms. The van der Waals surface area contributed by atoms with Crippen LogP contribution in [0.2, 0.25) is 0 Å². The van der Waals surface area contributed by atoms with Crippen molar-refractivity contribution in [3.8, 4) is 0 Å². The van der Waals surface area contributed by atoms with Crippen molar-refractivity contribution in [2.24, 2.45) is 17.3 Å². The van der Waals surface area contributed by atoms with Crippen LogP contribution in [-0.4, -0.2) is 5.78 Å². The van der Waals surface area contributed by atoms with Gasteiger partial charge in [0.2, 0.25) is 0 Å². The van der Waals surface area contributed by atoms with Crippen molar-refractivity contribution in [1.82, 2.24) is 0 Å². The zero-order valence-corrected chi connectivity index (χ0v) is 12.0. The summed E-state index contributed by atoms with van der Waals surface area (Å²) in [4.78, 5) is 11.6. The lowest BCUT2D eigenvalue weighted by molar-refractivity contribution is -0.114. The average Bonchev–Trinajstić information content (AvgIpc) is 2.79. The van der Waals surface area contributed by atoms with E-state index in [1.54, 1.807) is 11.1 Å². The summed E-state index contributed by atoms with van der Waals surface area (Å²) in [6, 6.07) is 0. The van der Waals surface area contributed by atoms with E-state index < -0.39 is 0 Å². The van der Waals surface area contributed by atoms with Crippen molar-refractivity contribution >= 4 is 5.78 Å². The van der Waals surface area contributed by atoms with Crippen molar-refractivity contribution < 1.29 is 4.79 Å². The van der Waals surface area contributed by atoms with E-state index in [1.807, 2.05) is 6.08 Å². The van der Waals surface area contributed by atoms with Gasteiger partial charge in [0.05, 0.1) is 0 Å². The van der Waals surface area contributed by atoms with E-state index in [2.05, 4.69) is 6.92 Å². The highest BCUT2D eigenvalue weighted by Gasteiger charge is 2.48. The summed E-state index contributed by atoms with van der Waals surface area (Å²) in [5.74, 6) is 2.17. The minimum absolute atomic E-state index is 0.360. The van der Waals surface area contributed by atoms with E-state index in [1.165, 1.54) is 50.5 Å². The molecule has 0 radical (unpaired) electrons. The van der Waals surface area contributed by atoms with Gasteiger partial charge in [-0.05, 0) is 79.4 Å². The maximum Gasteiger partial charge on any atom is 0.156 e. The lowest BCUT2D eigenvalue weighted by atomic mass is 9.58. The molecule has 3 atom stereocenters. The zero-order chi connectivity index (χ0) is 13.0. The number of ketones is 1. The Bertz CT molecular complexity index is 496. The van der Waals surface area contributed by atoms with Crippen LogP contribution < -0.4 is 0 Å². The third-order valence-electron chi connectivity index (χ3n) is 6.51. The molecule has 1 nitrogen and oxygen atoms in total. The van der Waals surface area contributed by atoms with Gasteiger partial charge in [-0.2, -0.15) is 0 Å². The normalized spacial score (nSPS) is 41.5. The Morgan fingerprint density at radius 1 is 1.11 bits per heavy atom. The molecule has 4 rings (SSSR count). The Kier molecular flexibility index (Phi) is 2.56. The maximum atomic E-state index is 11.6. The molecule has 0 aliphatic heterocycles. The molecule has 3 unspecified atom stereocenters. The SMILES string of the molecule is CC12CCCC1C1CCC3=CC(=O)CCC3=C1CC2. The van der Waals surface area contributed by atoms with Gasteiger partial charge in [0.15, 0.2) is 5.78 Å². The number of allylic oxidation sites excluding steroid dienone is 4. The molecule has 0 amide bonds. The molecule has 1 heteroatoms. The first kappa shape index (κ1) is 11.9. The Labute approximate surface area is 116 Å². The second-order valence-electron chi connectivity index (χ2n) is 7.44. The molecular weight excluding hydrogens is 232 g/mol. The Hall–Kier alpha value is -0.850.